The van der Waals surface area contributed by atoms with E-state index in [1.807, 2.05) is 41.9 Å². The number of carboxylic acids is 1. The Morgan fingerprint density at radius 1 is 1.13 bits per heavy atom. The van der Waals surface area contributed by atoms with E-state index in [0.717, 1.165) is 61.5 Å². The molecule has 0 bridgehead atoms. The van der Waals surface area contributed by atoms with Gasteiger partial charge in [-0.1, -0.05) is 17.3 Å². The van der Waals surface area contributed by atoms with Gasteiger partial charge in [0.05, 0.1) is 18.7 Å². The number of hydrogen-bond acceptors (Lipinski definition) is 7. The lowest BCUT2D eigenvalue weighted by atomic mass is 9.94. The van der Waals surface area contributed by atoms with Gasteiger partial charge in [-0.05, 0) is 100 Å². The minimum atomic E-state index is -0.669. The van der Waals surface area contributed by atoms with E-state index in [4.69, 9.17) is 14.4 Å². The lowest BCUT2D eigenvalue weighted by Gasteiger charge is -2.30. The molecule has 0 saturated carbocycles. The van der Waals surface area contributed by atoms with Crippen LogP contribution in [0.2, 0.25) is 0 Å². The van der Waals surface area contributed by atoms with Gasteiger partial charge < -0.3 is 19.3 Å². The predicted molar refractivity (Wildman–Crippen MR) is 149 cm³/mol. The molecule has 3 heterocycles. The van der Waals surface area contributed by atoms with Crippen LogP contribution in [-0.2, 0) is 17.8 Å². The van der Waals surface area contributed by atoms with E-state index in [1.165, 1.54) is 16.7 Å². The van der Waals surface area contributed by atoms with Crippen LogP contribution in [0.3, 0.4) is 0 Å². The second kappa shape index (κ2) is 11.4. The van der Waals surface area contributed by atoms with Crippen molar-refractivity contribution in [1.29, 1.82) is 0 Å². The highest BCUT2D eigenvalue weighted by molar-refractivity contribution is 5.71. The number of aromatic nitrogens is 4. The summed E-state index contributed by atoms with van der Waals surface area (Å²) in [4.78, 5) is 18.3. The molecule has 0 atom stereocenters. The molecule has 1 N–H and O–H groups in total. The fourth-order valence-corrected chi connectivity index (χ4v) is 5.47. The average Bonchev–Trinajstić information content (AvgIpc) is 3.60. The molecular formula is C30H35N5O4. The van der Waals surface area contributed by atoms with Gasteiger partial charge in [0.15, 0.2) is 5.69 Å². The summed E-state index contributed by atoms with van der Waals surface area (Å²) in [5.74, 6) is 0.811. The van der Waals surface area contributed by atoms with Crippen LogP contribution < -0.4 is 4.74 Å². The van der Waals surface area contributed by atoms with Gasteiger partial charge in [0.2, 0.25) is 5.82 Å². The van der Waals surface area contributed by atoms with Crippen molar-refractivity contribution < 1.29 is 19.2 Å². The third-order valence-corrected chi connectivity index (χ3v) is 7.68. The van der Waals surface area contributed by atoms with Gasteiger partial charge in [-0.3, -0.25) is 9.48 Å². The fourth-order valence-electron chi connectivity index (χ4n) is 5.47. The van der Waals surface area contributed by atoms with Gasteiger partial charge in [-0.2, -0.15) is 10.1 Å². The Bertz CT molecular complexity index is 1440. The van der Waals surface area contributed by atoms with Crippen molar-refractivity contribution in [1.82, 2.24) is 24.8 Å². The number of nitrogens with zero attached hydrogens (tertiary/aromatic N) is 5. The molecule has 0 unspecified atom stereocenters. The SMILES string of the molecule is CCn1nc(-c2nc(-c3cc(C)c(CCN4CCC(C(=O)O)CC4)c(C)c3)no2)cc1-c1ccccc1OC. The summed E-state index contributed by atoms with van der Waals surface area (Å²) < 4.78 is 13.1. The predicted octanol–water partition coefficient (Wildman–Crippen LogP) is 5.25. The summed E-state index contributed by atoms with van der Waals surface area (Å²) in [7, 11) is 1.66. The van der Waals surface area contributed by atoms with Crippen molar-refractivity contribution in [2.45, 2.75) is 46.6 Å². The first-order valence-corrected chi connectivity index (χ1v) is 13.5. The van der Waals surface area contributed by atoms with E-state index >= 15 is 0 Å². The Balaban J connectivity index is 1.33. The number of benzene rings is 2. The van der Waals surface area contributed by atoms with Crippen molar-refractivity contribution in [3.8, 4) is 40.0 Å². The second-order valence-electron chi connectivity index (χ2n) is 10.1. The lowest BCUT2D eigenvalue weighted by Crippen LogP contribution is -2.37. The summed E-state index contributed by atoms with van der Waals surface area (Å²) >= 11 is 0. The quantitative estimate of drug-likeness (QED) is 0.313. The highest BCUT2D eigenvalue weighted by atomic mass is 16.5. The summed E-state index contributed by atoms with van der Waals surface area (Å²) in [6.07, 6.45) is 2.37. The van der Waals surface area contributed by atoms with Crippen LogP contribution in [0.25, 0.3) is 34.2 Å². The van der Waals surface area contributed by atoms with Crippen molar-refractivity contribution in [3.05, 3.63) is 59.2 Å². The van der Waals surface area contributed by atoms with Crippen LogP contribution in [-0.4, -0.2) is 62.6 Å². The molecule has 9 nitrogen and oxygen atoms in total. The molecular weight excluding hydrogens is 494 g/mol. The maximum absolute atomic E-state index is 11.2. The molecule has 1 saturated heterocycles. The number of aliphatic carboxylic acids is 1. The molecule has 1 fully saturated rings. The zero-order chi connectivity index (χ0) is 27.5. The Morgan fingerprint density at radius 3 is 2.51 bits per heavy atom. The molecule has 0 spiro atoms. The summed E-state index contributed by atoms with van der Waals surface area (Å²) in [6.45, 7) is 9.56. The van der Waals surface area contributed by atoms with Gasteiger partial charge >= 0.3 is 5.97 Å². The first-order chi connectivity index (χ1) is 18.9. The molecule has 204 valence electrons. The maximum atomic E-state index is 11.2. The molecule has 0 amide bonds. The Morgan fingerprint density at radius 2 is 1.85 bits per heavy atom. The molecule has 1 aliphatic heterocycles. The third kappa shape index (κ3) is 5.59. The smallest absolute Gasteiger partial charge is 0.306 e. The Kier molecular flexibility index (Phi) is 7.79. The van der Waals surface area contributed by atoms with Gasteiger partial charge in [0.25, 0.3) is 5.89 Å². The number of carbonyl (C=O) groups is 1. The van der Waals surface area contributed by atoms with Gasteiger partial charge in [-0.15, -0.1) is 0 Å². The number of carboxylic acid groups (broad SMARTS) is 1. The number of piperidine rings is 1. The number of likely N-dealkylation sites (tertiary alicyclic amines) is 1. The molecule has 4 aromatic rings. The lowest BCUT2D eigenvalue weighted by molar-refractivity contribution is -0.143. The topological polar surface area (TPSA) is 107 Å². The monoisotopic (exact) mass is 529 g/mol. The number of ether oxygens (including phenoxy) is 1. The molecule has 2 aromatic carbocycles. The number of hydrogen-bond donors (Lipinski definition) is 1. The fraction of sp³-hybridized carbons (Fsp3) is 0.400. The highest BCUT2D eigenvalue weighted by Crippen LogP contribution is 2.33. The van der Waals surface area contributed by atoms with E-state index in [-0.39, 0.29) is 5.92 Å². The van der Waals surface area contributed by atoms with Gasteiger partial charge in [-0.25, -0.2) is 0 Å². The van der Waals surface area contributed by atoms with Crippen molar-refractivity contribution in [3.63, 3.8) is 0 Å². The maximum Gasteiger partial charge on any atom is 0.306 e. The van der Waals surface area contributed by atoms with E-state index in [0.29, 0.717) is 24.0 Å². The van der Waals surface area contributed by atoms with Crippen LogP contribution in [0.1, 0.15) is 36.5 Å². The van der Waals surface area contributed by atoms with Gasteiger partial charge in [0, 0.05) is 24.2 Å². The summed E-state index contributed by atoms with van der Waals surface area (Å²) in [5, 5.41) is 18.2. The number of methoxy groups -OCH3 is 1. The number of rotatable bonds is 9. The molecule has 9 heteroatoms. The molecule has 5 rings (SSSR count). The third-order valence-electron chi connectivity index (χ3n) is 7.68. The van der Waals surface area contributed by atoms with Crippen LogP contribution in [0.5, 0.6) is 5.75 Å². The molecule has 0 radical (unpaired) electrons. The molecule has 39 heavy (non-hydrogen) atoms. The minimum absolute atomic E-state index is 0.202. The Labute approximate surface area is 228 Å². The zero-order valence-electron chi connectivity index (χ0n) is 23.0. The normalized spacial score (nSPS) is 14.6. The average molecular weight is 530 g/mol. The van der Waals surface area contributed by atoms with Crippen LogP contribution in [0.4, 0.5) is 0 Å². The zero-order valence-corrected chi connectivity index (χ0v) is 23.0. The second-order valence-corrected chi connectivity index (χ2v) is 10.1. The van der Waals surface area contributed by atoms with E-state index in [9.17, 15) is 9.90 Å². The van der Waals surface area contributed by atoms with Crippen molar-refractivity contribution >= 4 is 5.97 Å². The number of para-hydroxylation sites is 1. The van der Waals surface area contributed by atoms with E-state index in [2.05, 4.69) is 41.0 Å². The summed E-state index contributed by atoms with van der Waals surface area (Å²) in [6, 6.07) is 14.0. The van der Waals surface area contributed by atoms with Crippen LogP contribution in [0.15, 0.2) is 47.0 Å². The molecule has 0 aliphatic carbocycles. The minimum Gasteiger partial charge on any atom is -0.496 e. The highest BCUT2D eigenvalue weighted by Gasteiger charge is 2.24. The van der Waals surface area contributed by atoms with Gasteiger partial charge in [0.1, 0.15) is 5.75 Å². The number of aryl methyl sites for hydroxylation is 3. The van der Waals surface area contributed by atoms with E-state index < -0.39 is 5.97 Å². The van der Waals surface area contributed by atoms with Crippen LogP contribution >= 0.6 is 0 Å². The Hall–Kier alpha value is -3.98. The van der Waals surface area contributed by atoms with Crippen LogP contribution in [0, 0.1) is 19.8 Å². The molecule has 2 aromatic heterocycles. The molecule has 1 aliphatic rings. The first-order valence-electron chi connectivity index (χ1n) is 13.5. The van der Waals surface area contributed by atoms with E-state index in [1.54, 1.807) is 7.11 Å². The summed E-state index contributed by atoms with van der Waals surface area (Å²) in [5.41, 5.74) is 7.09. The first kappa shape index (κ1) is 26.6. The standard InChI is InChI=1S/C30H35N5O4/c1-5-35-26(24-8-6-7-9-27(24)38-4)18-25(32-35)29-31-28(33-39-29)22-16-19(2)23(20(3)17-22)12-15-34-13-10-21(11-14-34)30(36)37/h6-9,16-18,21H,5,10-15H2,1-4H3,(H,36,37). The van der Waals surface area contributed by atoms with Crippen molar-refractivity contribution in [2.75, 3.05) is 26.7 Å². The van der Waals surface area contributed by atoms with Crippen molar-refractivity contribution in [2.24, 2.45) is 5.92 Å². The largest absolute Gasteiger partial charge is 0.496 e.